The normalized spacial score (nSPS) is 15.8. The third kappa shape index (κ3) is 6.43. The van der Waals surface area contributed by atoms with Crippen molar-refractivity contribution in [1.82, 2.24) is 0 Å². The summed E-state index contributed by atoms with van der Waals surface area (Å²) in [5, 5.41) is 3.06. The Morgan fingerprint density at radius 3 is 1.20 bits per heavy atom. The van der Waals surface area contributed by atoms with Gasteiger partial charge in [0.15, 0.2) is 0 Å². The number of rotatable bonds is 6. The van der Waals surface area contributed by atoms with Gasteiger partial charge in [-0.05, 0) is 0 Å². The molecule has 0 atom stereocenters. The Morgan fingerprint density at radius 1 is 0.520 bits per heavy atom. The molecule has 0 nitrogen and oxygen atoms in total. The van der Waals surface area contributed by atoms with Crippen LogP contribution in [0.2, 0.25) is 52.3 Å². The number of fused-ring (bicyclic) bond motifs is 3. The van der Waals surface area contributed by atoms with Crippen molar-refractivity contribution in [1.29, 1.82) is 0 Å². The molecule has 0 amide bonds. The van der Waals surface area contributed by atoms with Crippen LogP contribution in [0.5, 0.6) is 0 Å². The molecule has 2 aliphatic carbocycles. The van der Waals surface area contributed by atoms with Crippen LogP contribution in [-0.4, -0.2) is 19.4 Å². The molecule has 3 heteroatoms. The van der Waals surface area contributed by atoms with Crippen molar-refractivity contribution < 1.29 is 18.0 Å². The summed E-state index contributed by atoms with van der Waals surface area (Å²) in [5.41, 5.74) is 11.9. The van der Waals surface area contributed by atoms with E-state index in [1.54, 1.807) is 14.4 Å². The Bertz CT molecular complexity index is 1940. The summed E-state index contributed by atoms with van der Waals surface area (Å²) in [5.74, 6) is 0. The monoisotopic (exact) mass is 862 g/mol. The maximum absolute atomic E-state index is 4.59. The molecule has 6 rings (SSSR count). The summed E-state index contributed by atoms with van der Waals surface area (Å²) < 4.78 is 8.04. The number of hydrogen-bond donors (Lipinski definition) is 0. The van der Waals surface area contributed by atoms with Crippen molar-refractivity contribution >= 4 is 29.8 Å². The van der Waals surface area contributed by atoms with Crippen molar-refractivity contribution in [3.8, 4) is 11.1 Å². The van der Waals surface area contributed by atoms with E-state index < -0.39 is 34.2 Å². The van der Waals surface area contributed by atoms with Crippen LogP contribution in [0.3, 0.4) is 0 Å². The molecule has 0 heterocycles. The summed E-state index contributed by atoms with van der Waals surface area (Å²) in [7, 11) is -2.93. The molecule has 0 N–H and O–H groups in total. The second-order valence-corrected chi connectivity index (χ2v) is 55.6. The van der Waals surface area contributed by atoms with Gasteiger partial charge in [0.25, 0.3) is 0 Å². The van der Waals surface area contributed by atoms with Gasteiger partial charge in [0.05, 0.1) is 0 Å². The van der Waals surface area contributed by atoms with Crippen molar-refractivity contribution in [2.45, 2.75) is 108 Å². The third-order valence-corrected chi connectivity index (χ3v) is 41.5. The topological polar surface area (TPSA) is 0 Å². The molecule has 262 valence electrons. The van der Waals surface area contributed by atoms with E-state index in [2.05, 4.69) is 199 Å². The van der Waals surface area contributed by atoms with Crippen molar-refractivity contribution in [3.63, 3.8) is 0 Å². The quantitative estimate of drug-likeness (QED) is 0.169. The first kappa shape index (κ1) is 37.3. The van der Waals surface area contributed by atoms with E-state index in [0.717, 1.165) is 0 Å². The molecular formula is C47H62HfSi2. The maximum atomic E-state index is 2.83. The minimum atomic E-state index is -4.59. The van der Waals surface area contributed by atoms with Gasteiger partial charge < -0.3 is 0 Å². The summed E-state index contributed by atoms with van der Waals surface area (Å²) in [4.78, 5) is 0. The van der Waals surface area contributed by atoms with Crippen LogP contribution >= 0.6 is 0 Å². The SMILES string of the molecule is CC(C)(C)c1ccc2c(c1)[CH]([Hf]([CH3])([CH3])(=[C](c1ccc([Si](C)(C)C)cc1)c1ccc([Si](C)(C)C)cc1)[CH]1C=CC=C1)c1cc(C(C)(C)C)ccc1-2. The van der Waals surface area contributed by atoms with E-state index in [0.29, 0.717) is 7.35 Å². The molecule has 50 heavy (non-hydrogen) atoms. The minimum absolute atomic E-state index is 0.0673. The zero-order valence-corrected chi connectivity index (χ0v) is 39.1. The standard InChI is InChI=1S/C21H25.C19H26Si2.C5H5.2CH3.Hf/c1-20(2,3)16-7-9-18-14(12-16)11-15-13-17(21(4,5)6)8-10-19(15)18;1-20(2,3)18-11-7-16(8-12-18)15-17-9-13-19(14-10-17)21(4,5)6;1-2-4-5-3-1;;;/h7-13H,1-6H3;7-14H,1-6H3;1-5H;2*1H3;. The summed E-state index contributed by atoms with van der Waals surface area (Å²) in [6, 6.07) is 34.9. The number of allylic oxidation sites excluding steroid dienone is 4. The van der Waals surface area contributed by atoms with Crippen LogP contribution in [0.15, 0.2) is 109 Å². The zero-order valence-electron chi connectivity index (χ0n) is 33.5. The molecule has 4 aromatic rings. The molecule has 0 fully saturated rings. The van der Waals surface area contributed by atoms with E-state index in [9.17, 15) is 0 Å². The van der Waals surface area contributed by atoms with E-state index in [1.165, 1.54) is 43.8 Å². The number of benzene rings is 4. The molecule has 0 spiro atoms. The summed E-state index contributed by atoms with van der Waals surface area (Å²) in [6.07, 6.45) is 9.81. The molecular weight excluding hydrogens is 799 g/mol. The first-order valence-corrected chi connectivity index (χ1v) is 39.1. The molecule has 0 bridgehead atoms. The average molecular weight is 862 g/mol. The Morgan fingerprint density at radius 2 is 0.880 bits per heavy atom. The predicted molar refractivity (Wildman–Crippen MR) is 227 cm³/mol. The molecule has 0 unspecified atom stereocenters. The van der Waals surface area contributed by atoms with Crippen LogP contribution in [0.4, 0.5) is 0 Å². The van der Waals surface area contributed by atoms with Gasteiger partial charge in [0, 0.05) is 0 Å². The average Bonchev–Trinajstić information content (AvgIpc) is 3.68. The molecule has 0 saturated heterocycles. The molecule has 4 aromatic carbocycles. The van der Waals surface area contributed by atoms with Crippen molar-refractivity contribution in [3.05, 3.63) is 143 Å². The van der Waals surface area contributed by atoms with Crippen LogP contribution in [-0.2, 0) is 28.8 Å². The predicted octanol–water partition coefficient (Wildman–Crippen LogP) is 12.4. The second-order valence-electron chi connectivity index (χ2n) is 20.5. The second kappa shape index (κ2) is 12.3. The fourth-order valence-electron chi connectivity index (χ4n) is 9.03. The van der Waals surface area contributed by atoms with Gasteiger partial charge in [-0.3, -0.25) is 0 Å². The van der Waals surface area contributed by atoms with Gasteiger partial charge in [0.2, 0.25) is 0 Å². The van der Waals surface area contributed by atoms with Crippen LogP contribution < -0.4 is 10.4 Å². The fraction of sp³-hybridized carbons (Fsp3) is 0.383. The Labute approximate surface area is 307 Å². The van der Waals surface area contributed by atoms with Crippen molar-refractivity contribution in [2.24, 2.45) is 0 Å². The van der Waals surface area contributed by atoms with E-state index in [4.69, 9.17) is 0 Å². The van der Waals surface area contributed by atoms with E-state index in [-0.39, 0.29) is 10.8 Å². The molecule has 0 aromatic heterocycles. The van der Waals surface area contributed by atoms with Crippen LogP contribution in [0.1, 0.15) is 78.6 Å². The van der Waals surface area contributed by atoms with E-state index >= 15 is 0 Å². The van der Waals surface area contributed by atoms with Gasteiger partial charge >= 0.3 is 310 Å². The Hall–Kier alpha value is -2.47. The van der Waals surface area contributed by atoms with Gasteiger partial charge in [-0.1, -0.05) is 0 Å². The number of hydrogen-bond acceptors (Lipinski definition) is 0. The van der Waals surface area contributed by atoms with Gasteiger partial charge in [-0.2, -0.15) is 0 Å². The summed E-state index contributed by atoms with van der Waals surface area (Å²) >= 11 is -4.59. The van der Waals surface area contributed by atoms with Gasteiger partial charge in [-0.15, -0.1) is 0 Å². The Kier molecular flexibility index (Phi) is 9.18. The van der Waals surface area contributed by atoms with Crippen LogP contribution in [0, 0.1) is 0 Å². The van der Waals surface area contributed by atoms with Crippen molar-refractivity contribution in [2.75, 3.05) is 0 Å². The molecule has 0 radical (unpaired) electrons. The van der Waals surface area contributed by atoms with E-state index in [1.807, 2.05) is 0 Å². The van der Waals surface area contributed by atoms with Gasteiger partial charge in [-0.25, -0.2) is 0 Å². The first-order valence-electron chi connectivity index (χ1n) is 18.9. The fourth-order valence-corrected chi connectivity index (χ4v) is 36.4. The van der Waals surface area contributed by atoms with Gasteiger partial charge in [0.1, 0.15) is 0 Å². The molecule has 2 aliphatic rings. The Balaban J connectivity index is 1.82. The van der Waals surface area contributed by atoms with Crippen LogP contribution in [0.25, 0.3) is 11.1 Å². The first-order chi connectivity index (χ1) is 23.0. The summed E-state index contributed by atoms with van der Waals surface area (Å²) in [6.45, 7) is 29.0. The molecule has 0 aliphatic heterocycles. The molecule has 0 saturated carbocycles. The third-order valence-electron chi connectivity index (χ3n) is 12.3. The zero-order chi connectivity index (χ0) is 36.7.